The van der Waals surface area contributed by atoms with Crippen molar-refractivity contribution >= 4 is 23.4 Å². The standard InChI is InChI=1S/C27H26N6O3/c34-25(19-8-9-19)30-27-29-24-5-1-4-23(33(24)31-27)18-6-10-20(11-7-18)26(35)32-15-12-21(13-16-32)36-22-3-2-14-28-17-22/h1-7,10-11,14,17,19,21H,8-9,12-13,15-16H2,(H,30,31,34). The number of hydrogen-bond acceptors (Lipinski definition) is 6. The van der Waals surface area contributed by atoms with Gasteiger partial charge >= 0.3 is 0 Å². The van der Waals surface area contributed by atoms with Gasteiger partial charge in [0.2, 0.25) is 11.9 Å². The minimum Gasteiger partial charge on any atom is -0.489 e. The molecule has 36 heavy (non-hydrogen) atoms. The molecule has 4 heterocycles. The molecule has 182 valence electrons. The van der Waals surface area contributed by atoms with Gasteiger partial charge < -0.3 is 9.64 Å². The van der Waals surface area contributed by atoms with E-state index in [9.17, 15) is 9.59 Å². The summed E-state index contributed by atoms with van der Waals surface area (Å²) in [6.45, 7) is 1.30. The molecule has 0 unspecified atom stereocenters. The molecule has 3 aromatic heterocycles. The van der Waals surface area contributed by atoms with E-state index < -0.39 is 0 Å². The largest absolute Gasteiger partial charge is 0.489 e. The molecule has 2 fully saturated rings. The summed E-state index contributed by atoms with van der Waals surface area (Å²) in [5.74, 6) is 1.15. The van der Waals surface area contributed by atoms with Crippen molar-refractivity contribution in [2.24, 2.45) is 5.92 Å². The van der Waals surface area contributed by atoms with Crippen LogP contribution in [0, 0.1) is 5.92 Å². The number of carbonyl (C=O) groups excluding carboxylic acids is 2. The van der Waals surface area contributed by atoms with Crippen LogP contribution in [0.25, 0.3) is 16.9 Å². The highest BCUT2D eigenvalue weighted by Gasteiger charge is 2.30. The Labute approximate surface area is 208 Å². The van der Waals surface area contributed by atoms with E-state index in [-0.39, 0.29) is 23.8 Å². The minimum atomic E-state index is -0.0250. The van der Waals surface area contributed by atoms with Gasteiger partial charge in [-0.15, -0.1) is 5.10 Å². The summed E-state index contributed by atoms with van der Waals surface area (Å²) in [5, 5.41) is 7.29. The van der Waals surface area contributed by atoms with Gasteiger partial charge in [-0.2, -0.15) is 4.98 Å². The van der Waals surface area contributed by atoms with E-state index in [1.807, 2.05) is 59.5 Å². The van der Waals surface area contributed by atoms with Crippen LogP contribution in [-0.2, 0) is 4.79 Å². The fourth-order valence-corrected chi connectivity index (χ4v) is 4.49. The molecule has 0 atom stereocenters. The van der Waals surface area contributed by atoms with Gasteiger partial charge in [0.15, 0.2) is 5.65 Å². The highest BCUT2D eigenvalue weighted by molar-refractivity contribution is 5.95. The fourth-order valence-electron chi connectivity index (χ4n) is 4.49. The zero-order valence-electron chi connectivity index (χ0n) is 19.7. The van der Waals surface area contributed by atoms with Crippen LogP contribution in [0.15, 0.2) is 67.0 Å². The number of benzene rings is 1. The van der Waals surface area contributed by atoms with Crippen LogP contribution in [0.2, 0.25) is 0 Å². The molecule has 0 radical (unpaired) electrons. The lowest BCUT2D eigenvalue weighted by Crippen LogP contribution is -2.41. The van der Waals surface area contributed by atoms with Gasteiger partial charge in [0, 0.05) is 49.2 Å². The third-order valence-corrected chi connectivity index (χ3v) is 6.64. The molecule has 9 heteroatoms. The van der Waals surface area contributed by atoms with Crippen LogP contribution in [-0.4, -0.2) is 55.5 Å². The number of aromatic nitrogens is 4. The second kappa shape index (κ2) is 9.41. The number of piperidine rings is 1. The Kier molecular flexibility index (Phi) is 5.80. The molecule has 4 aromatic rings. The van der Waals surface area contributed by atoms with Gasteiger partial charge in [-0.3, -0.25) is 19.9 Å². The van der Waals surface area contributed by atoms with Gasteiger partial charge in [-0.25, -0.2) is 4.52 Å². The first-order valence-corrected chi connectivity index (χ1v) is 12.3. The van der Waals surface area contributed by atoms with Gasteiger partial charge in [-0.1, -0.05) is 18.2 Å². The van der Waals surface area contributed by atoms with Crippen molar-refractivity contribution < 1.29 is 14.3 Å². The first kappa shape index (κ1) is 22.2. The van der Waals surface area contributed by atoms with E-state index in [2.05, 4.69) is 20.4 Å². The Morgan fingerprint density at radius 3 is 2.47 bits per heavy atom. The summed E-state index contributed by atoms with van der Waals surface area (Å²) in [6, 6.07) is 17.0. The van der Waals surface area contributed by atoms with Crippen molar-refractivity contribution in [2.75, 3.05) is 18.4 Å². The van der Waals surface area contributed by atoms with Crippen LogP contribution in [0.3, 0.4) is 0 Å². The van der Waals surface area contributed by atoms with E-state index in [1.54, 1.807) is 16.9 Å². The van der Waals surface area contributed by atoms with Crippen molar-refractivity contribution in [1.82, 2.24) is 24.5 Å². The summed E-state index contributed by atoms with van der Waals surface area (Å²) in [5.41, 5.74) is 3.04. The molecule has 1 aromatic carbocycles. The lowest BCUT2D eigenvalue weighted by Gasteiger charge is -2.32. The monoisotopic (exact) mass is 482 g/mol. The molecular formula is C27H26N6O3. The maximum absolute atomic E-state index is 13.1. The lowest BCUT2D eigenvalue weighted by atomic mass is 10.0. The number of nitrogens with zero attached hydrogens (tertiary/aromatic N) is 5. The van der Waals surface area contributed by atoms with Crippen molar-refractivity contribution in [3.63, 3.8) is 0 Å². The third-order valence-electron chi connectivity index (χ3n) is 6.64. The number of nitrogens with one attached hydrogen (secondary N) is 1. The molecule has 9 nitrogen and oxygen atoms in total. The number of carbonyl (C=O) groups is 2. The van der Waals surface area contributed by atoms with E-state index >= 15 is 0 Å². The summed E-state index contributed by atoms with van der Waals surface area (Å²) in [7, 11) is 0. The third kappa shape index (κ3) is 4.64. The minimum absolute atomic E-state index is 0.0189. The number of pyridine rings is 2. The summed E-state index contributed by atoms with van der Waals surface area (Å²) in [6.07, 6.45) is 6.93. The number of rotatable bonds is 6. The molecule has 1 saturated heterocycles. The number of ether oxygens (including phenoxy) is 1. The van der Waals surface area contributed by atoms with Crippen LogP contribution in [0.5, 0.6) is 5.75 Å². The smallest absolute Gasteiger partial charge is 0.253 e. The van der Waals surface area contributed by atoms with Crippen molar-refractivity contribution in [3.05, 3.63) is 72.6 Å². The Balaban J connectivity index is 1.12. The van der Waals surface area contributed by atoms with Crippen molar-refractivity contribution in [3.8, 4) is 17.0 Å². The van der Waals surface area contributed by atoms with E-state index in [1.165, 1.54) is 0 Å². The molecule has 0 spiro atoms. The van der Waals surface area contributed by atoms with Crippen LogP contribution >= 0.6 is 0 Å². The Morgan fingerprint density at radius 1 is 0.944 bits per heavy atom. The average molecular weight is 483 g/mol. The number of likely N-dealkylation sites (tertiary alicyclic amines) is 1. The molecule has 1 N–H and O–H groups in total. The summed E-state index contributed by atoms with van der Waals surface area (Å²) in [4.78, 5) is 35.6. The van der Waals surface area contributed by atoms with E-state index in [0.29, 0.717) is 30.2 Å². The summed E-state index contributed by atoms with van der Waals surface area (Å²) < 4.78 is 7.70. The highest BCUT2D eigenvalue weighted by Crippen LogP contribution is 2.30. The molecule has 0 bridgehead atoms. The van der Waals surface area contributed by atoms with Crippen molar-refractivity contribution in [2.45, 2.75) is 31.8 Å². The molecule has 1 aliphatic heterocycles. The van der Waals surface area contributed by atoms with Gasteiger partial charge in [-0.05, 0) is 49.2 Å². The maximum Gasteiger partial charge on any atom is 0.253 e. The maximum atomic E-state index is 13.1. The average Bonchev–Trinajstić information content (AvgIpc) is 3.69. The second-order valence-corrected chi connectivity index (χ2v) is 9.26. The first-order chi connectivity index (χ1) is 17.6. The summed E-state index contributed by atoms with van der Waals surface area (Å²) >= 11 is 0. The van der Waals surface area contributed by atoms with Gasteiger partial charge in [0.05, 0.1) is 11.9 Å². The Bertz CT molecular complexity index is 1390. The van der Waals surface area contributed by atoms with E-state index in [0.717, 1.165) is 42.7 Å². The fraction of sp³-hybridized carbons (Fsp3) is 0.296. The predicted octanol–water partition coefficient (Wildman–Crippen LogP) is 3.82. The SMILES string of the molecule is O=C(Nc1nc2cccc(-c3ccc(C(=O)N4CCC(Oc5cccnc5)CC4)cc3)n2n1)C1CC1. The normalized spacial score (nSPS) is 16.2. The number of anilines is 1. The molecular weight excluding hydrogens is 456 g/mol. The number of fused-ring (bicyclic) bond motifs is 1. The topological polar surface area (TPSA) is 102 Å². The number of hydrogen-bond donors (Lipinski definition) is 1. The second-order valence-electron chi connectivity index (χ2n) is 9.26. The molecule has 6 rings (SSSR count). The van der Waals surface area contributed by atoms with E-state index in [4.69, 9.17) is 4.74 Å². The van der Waals surface area contributed by atoms with Gasteiger partial charge in [0.1, 0.15) is 11.9 Å². The Morgan fingerprint density at radius 2 is 1.75 bits per heavy atom. The Hall–Kier alpha value is -4.27. The first-order valence-electron chi connectivity index (χ1n) is 12.3. The number of amides is 2. The quantitative estimate of drug-likeness (QED) is 0.448. The lowest BCUT2D eigenvalue weighted by molar-refractivity contribution is -0.117. The highest BCUT2D eigenvalue weighted by atomic mass is 16.5. The van der Waals surface area contributed by atoms with Crippen LogP contribution in [0.1, 0.15) is 36.0 Å². The zero-order valence-corrected chi connectivity index (χ0v) is 19.7. The van der Waals surface area contributed by atoms with Crippen molar-refractivity contribution in [1.29, 1.82) is 0 Å². The molecule has 1 aliphatic carbocycles. The molecule has 2 aliphatic rings. The van der Waals surface area contributed by atoms with Crippen LogP contribution in [0.4, 0.5) is 5.95 Å². The predicted molar refractivity (Wildman–Crippen MR) is 134 cm³/mol. The zero-order chi connectivity index (χ0) is 24.5. The van der Waals surface area contributed by atoms with Gasteiger partial charge in [0.25, 0.3) is 5.91 Å². The molecule has 2 amide bonds. The molecule has 1 saturated carbocycles. The van der Waals surface area contributed by atoms with Crippen LogP contribution < -0.4 is 10.1 Å².